The first-order valence-corrected chi connectivity index (χ1v) is 23.0. The van der Waals surface area contributed by atoms with Crippen LogP contribution in [0.3, 0.4) is 0 Å². The lowest BCUT2D eigenvalue weighted by Gasteiger charge is -2.20. The number of carboxylic acid groups (broad SMARTS) is 1. The Kier molecular flexibility index (Phi) is 37.6. The number of nitrogens with two attached hydrogens (primary N) is 1. The Bertz CT molecular complexity index is 1240. The molecule has 0 bridgehead atoms. The summed E-state index contributed by atoms with van der Waals surface area (Å²) in [4.78, 5) is 45.9. The molecule has 0 aromatic carbocycles. The van der Waals surface area contributed by atoms with E-state index in [1.54, 1.807) is 0 Å². The minimum absolute atomic E-state index is 0.0341. The summed E-state index contributed by atoms with van der Waals surface area (Å²) < 4.78 is 32.6. The number of rotatable bonds is 39. The van der Waals surface area contributed by atoms with Gasteiger partial charge in [0, 0.05) is 12.8 Å². The largest absolute Gasteiger partial charge is 0.480 e. The van der Waals surface area contributed by atoms with Crippen LogP contribution in [0.4, 0.5) is 0 Å². The molecule has 0 rings (SSSR count). The van der Waals surface area contributed by atoms with Crippen molar-refractivity contribution in [1.82, 2.24) is 0 Å². The summed E-state index contributed by atoms with van der Waals surface area (Å²) in [5.74, 6) is -2.49. The fourth-order valence-electron chi connectivity index (χ4n) is 5.38. The van der Waals surface area contributed by atoms with Crippen molar-refractivity contribution in [3.05, 3.63) is 72.9 Å². The molecule has 0 aliphatic rings. The number of hydrogen-bond acceptors (Lipinski definition) is 9. The Balaban J connectivity index is 4.51. The number of aliphatic carboxylic acids is 1. The summed E-state index contributed by atoms with van der Waals surface area (Å²) >= 11 is 0. The van der Waals surface area contributed by atoms with Gasteiger partial charge >= 0.3 is 25.7 Å². The van der Waals surface area contributed by atoms with Gasteiger partial charge < -0.3 is 25.2 Å². The molecule has 0 spiro atoms. The van der Waals surface area contributed by atoms with E-state index in [4.69, 9.17) is 24.8 Å². The van der Waals surface area contributed by atoms with E-state index in [0.717, 1.165) is 51.4 Å². The van der Waals surface area contributed by atoms with Crippen LogP contribution in [0.2, 0.25) is 0 Å². The van der Waals surface area contributed by atoms with E-state index in [1.165, 1.54) is 64.2 Å². The van der Waals surface area contributed by atoms with E-state index in [9.17, 15) is 23.8 Å². The van der Waals surface area contributed by atoms with Gasteiger partial charge in [-0.05, 0) is 51.4 Å². The highest BCUT2D eigenvalue weighted by Crippen LogP contribution is 2.43. The molecule has 3 unspecified atom stereocenters. The van der Waals surface area contributed by atoms with Crippen LogP contribution >= 0.6 is 7.82 Å². The van der Waals surface area contributed by atoms with Gasteiger partial charge in [0.2, 0.25) is 0 Å². The zero-order chi connectivity index (χ0) is 42.1. The third-order valence-electron chi connectivity index (χ3n) is 8.73. The van der Waals surface area contributed by atoms with E-state index in [0.29, 0.717) is 19.3 Å². The van der Waals surface area contributed by atoms with Gasteiger partial charge in [-0.1, -0.05) is 170 Å². The molecule has 0 aliphatic carbocycles. The minimum atomic E-state index is -4.74. The van der Waals surface area contributed by atoms with Crippen LogP contribution in [0.5, 0.6) is 0 Å². The molecule has 0 heterocycles. The number of hydrogen-bond donors (Lipinski definition) is 3. The fourth-order valence-corrected chi connectivity index (χ4v) is 6.16. The predicted octanol–water partition coefficient (Wildman–Crippen LogP) is 11.3. The van der Waals surface area contributed by atoms with Crippen molar-refractivity contribution in [3.63, 3.8) is 0 Å². The van der Waals surface area contributed by atoms with Gasteiger partial charge in [0.25, 0.3) is 0 Å². The van der Waals surface area contributed by atoms with Gasteiger partial charge in [0.15, 0.2) is 6.10 Å². The number of allylic oxidation sites excluding steroid dienone is 12. The van der Waals surface area contributed by atoms with Gasteiger partial charge in [-0.3, -0.25) is 23.4 Å². The average molecular weight is 822 g/mol. The maximum Gasteiger partial charge on any atom is 0.472 e. The fraction of sp³-hybridized carbons (Fsp3) is 0.667. The molecule has 0 radical (unpaired) electrons. The van der Waals surface area contributed by atoms with E-state index >= 15 is 0 Å². The molecule has 57 heavy (non-hydrogen) atoms. The number of carboxylic acids is 1. The van der Waals surface area contributed by atoms with Crippen LogP contribution in [0, 0.1) is 0 Å². The van der Waals surface area contributed by atoms with Crippen molar-refractivity contribution in [2.45, 2.75) is 174 Å². The summed E-state index contributed by atoms with van der Waals surface area (Å²) in [5, 5.41) is 8.88. The van der Waals surface area contributed by atoms with Gasteiger partial charge in [0.05, 0.1) is 13.2 Å². The zero-order valence-electron chi connectivity index (χ0n) is 35.2. The van der Waals surface area contributed by atoms with Crippen LogP contribution < -0.4 is 5.73 Å². The topological polar surface area (TPSA) is 172 Å². The van der Waals surface area contributed by atoms with Crippen LogP contribution in [0.1, 0.15) is 162 Å². The van der Waals surface area contributed by atoms with Crippen molar-refractivity contribution in [2.24, 2.45) is 5.73 Å². The summed E-state index contributed by atoms with van der Waals surface area (Å²) in [7, 11) is -4.74. The van der Waals surface area contributed by atoms with Gasteiger partial charge in [-0.2, -0.15) is 0 Å². The Labute approximate surface area is 344 Å². The second-order valence-electron chi connectivity index (χ2n) is 14.1. The van der Waals surface area contributed by atoms with E-state index in [2.05, 4.69) is 73.1 Å². The van der Waals surface area contributed by atoms with Crippen molar-refractivity contribution >= 4 is 25.7 Å². The quantitative estimate of drug-likeness (QED) is 0.0233. The van der Waals surface area contributed by atoms with E-state index in [-0.39, 0.29) is 19.4 Å². The third-order valence-corrected chi connectivity index (χ3v) is 9.68. The molecule has 0 aromatic rings. The standard InChI is InChI=1S/C45H76NO10P/c1-3-5-7-9-11-13-15-17-19-20-21-22-23-25-27-29-31-33-35-37-44(48)56-41(39-54-57(51,52)55-40-42(46)45(49)50)38-53-43(47)36-34-32-30-28-26-24-18-16-14-12-10-8-6-4-2/h5,7,11,13,17,19,21-22,25,27,31,33,41-42H,3-4,6,8-10,12,14-16,18,20,23-24,26,28-30,32,34-40,46H2,1-2H3,(H,49,50)(H,51,52). The van der Waals surface area contributed by atoms with Gasteiger partial charge in [-0.15, -0.1) is 0 Å². The van der Waals surface area contributed by atoms with Gasteiger partial charge in [-0.25, -0.2) is 4.57 Å². The lowest BCUT2D eigenvalue weighted by molar-refractivity contribution is -0.161. The van der Waals surface area contributed by atoms with E-state index in [1.807, 2.05) is 18.2 Å². The average Bonchev–Trinajstić information content (AvgIpc) is 3.19. The molecule has 4 N–H and O–H groups in total. The third kappa shape index (κ3) is 39.5. The first kappa shape index (κ1) is 53.9. The molecular formula is C45H76NO10P. The van der Waals surface area contributed by atoms with Crippen LogP contribution in [-0.4, -0.2) is 59.9 Å². The maximum atomic E-state index is 12.6. The van der Waals surface area contributed by atoms with Crippen LogP contribution in [0.25, 0.3) is 0 Å². The summed E-state index contributed by atoms with van der Waals surface area (Å²) in [6.07, 6.45) is 47.0. The number of esters is 2. The molecule has 0 fully saturated rings. The zero-order valence-corrected chi connectivity index (χ0v) is 36.0. The first-order chi connectivity index (χ1) is 27.6. The molecule has 11 nitrogen and oxygen atoms in total. The second kappa shape index (κ2) is 39.7. The Hall–Kier alpha value is -3.08. The Morgan fingerprint density at radius 1 is 0.561 bits per heavy atom. The molecule has 0 saturated heterocycles. The smallest absolute Gasteiger partial charge is 0.472 e. The number of carbonyl (C=O) groups is 3. The Morgan fingerprint density at radius 3 is 1.44 bits per heavy atom. The molecule has 326 valence electrons. The monoisotopic (exact) mass is 822 g/mol. The minimum Gasteiger partial charge on any atom is -0.480 e. The highest BCUT2D eigenvalue weighted by molar-refractivity contribution is 7.47. The number of unbranched alkanes of at least 4 members (excludes halogenated alkanes) is 13. The lowest BCUT2D eigenvalue weighted by Crippen LogP contribution is -2.34. The van der Waals surface area contributed by atoms with Gasteiger partial charge in [0.1, 0.15) is 12.6 Å². The first-order valence-electron chi connectivity index (χ1n) is 21.5. The lowest BCUT2D eigenvalue weighted by atomic mass is 10.0. The highest BCUT2D eigenvalue weighted by atomic mass is 31.2. The number of ether oxygens (including phenoxy) is 2. The predicted molar refractivity (Wildman–Crippen MR) is 231 cm³/mol. The van der Waals surface area contributed by atoms with E-state index < -0.39 is 51.1 Å². The summed E-state index contributed by atoms with van der Waals surface area (Å²) in [5.41, 5.74) is 5.32. The molecule has 0 saturated carbocycles. The van der Waals surface area contributed by atoms with Crippen molar-refractivity contribution < 1.29 is 47.5 Å². The van der Waals surface area contributed by atoms with Crippen LogP contribution in [-0.2, 0) is 37.5 Å². The molecule has 3 atom stereocenters. The Morgan fingerprint density at radius 2 is 0.982 bits per heavy atom. The van der Waals surface area contributed by atoms with Crippen molar-refractivity contribution in [2.75, 3.05) is 19.8 Å². The molecule has 12 heteroatoms. The van der Waals surface area contributed by atoms with Crippen molar-refractivity contribution in [1.29, 1.82) is 0 Å². The number of carbonyl (C=O) groups excluding carboxylic acids is 2. The number of phosphoric ester groups is 1. The van der Waals surface area contributed by atoms with Crippen molar-refractivity contribution in [3.8, 4) is 0 Å². The normalized spacial score (nSPS) is 14.5. The summed E-state index contributed by atoms with van der Waals surface area (Å²) in [6.45, 7) is 2.60. The molecular weight excluding hydrogens is 745 g/mol. The van der Waals surface area contributed by atoms with Crippen LogP contribution in [0.15, 0.2) is 72.9 Å². The number of phosphoric acid groups is 1. The summed E-state index contributed by atoms with van der Waals surface area (Å²) in [6, 6.07) is -1.53. The molecule has 0 aromatic heterocycles. The SMILES string of the molecule is CCC=CCC=CCC=CCC=CCC=CCC=CCCC(=O)OC(COC(=O)CCCCCCCCCCCCCCCC)COP(=O)(O)OCC(N)C(=O)O. The highest BCUT2D eigenvalue weighted by Gasteiger charge is 2.28. The molecule has 0 aliphatic heterocycles. The second-order valence-corrected chi connectivity index (χ2v) is 15.6. The molecule has 0 amide bonds. The maximum absolute atomic E-state index is 12.6.